The Morgan fingerprint density at radius 1 is 0.917 bits per heavy atom. The summed E-state index contributed by atoms with van der Waals surface area (Å²) in [7, 11) is 0. The molecule has 4 aromatic rings. The van der Waals surface area contributed by atoms with Gasteiger partial charge in [-0.25, -0.2) is 13.8 Å². The summed E-state index contributed by atoms with van der Waals surface area (Å²) in [5, 5.41) is 11.5. The van der Waals surface area contributed by atoms with Crippen molar-refractivity contribution >= 4 is 23.2 Å². The third kappa shape index (κ3) is 5.94. The lowest BCUT2D eigenvalue weighted by molar-refractivity contribution is 0.387. The highest BCUT2D eigenvalue weighted by Gasteiger charge is 2.25. The van der Waals surface area contributed by atoms with Gasteiger partial charge in [0.15, 0.2) is 11.6 Å². The number of hydrogen-bond acceptors (Lipinski definition) is 3. The summed E-state index contributed by atoms with van der Waals surface area (Å²) >= 11 is 11.2. The molecule has 0 spiro atoms. The van der Waals surface area contributed by atoms with Gasteiger partial charge in [-0.2, -0.15) is 0 Å². The number of nitrogens with zero attached hydrogens (tertiary/aromatic N) is 2. The van der Waals surface area contributed by atoms with Crippen LogP contribution < -0.4 is 5.56 Å². The van der Waals surface area contributed by atoms with Crippen LogP contribution in [0.3, 0.4) is 0 Å². The van der Waals surface area contributed by atoms with Gasteiger partial charge in [0.2, 0.25) is 0 Å². The van der Waals surface area contributed by atoms with Crippen LogP contribution in [0, 0.1) is 5.82 Å². The Labute approximate surface area is 218 Å². The fraction of sp³-hybridized carbons (Fsp3) is 0.214. The minimum absolute atomic E-state index is 0.0579. The Balaban J connectivity index is 0.000000383. The third-order valence-corrected chi connectivity index (χ3v) is 6.43. The first kappa shape index (κ1) is 27.4. The molecule has 4 rings (SSSR count). The minimum Gasteiger partial charge on any atom is -0.504 e. The molecule has 188 valence electrons. The summed E-state index contributed by atoms with van der Waals surface area (Å²) in [5.74, 6) is -1.38. The van der Waals surface area contributed by atoms with Gasteiger partial charge in [0.1, 0.15) is 12.5 Å². The summed E-state index contributed by atoms with van der Waals surface area (Å²) < 4.78 is 29.4. The second kappa shape index (κ2) is 12.7. The molecule has 0 amide bonds. The van der Waals surface area contributed by atoms with E-state index in [-0.39, 0.29) is 16.9 Å². The predicted molar refractivity (Wildman–Crippen MR) is 141 cm³/mol. The van der Waals surface area contributed by atoms with E-state index in [1.165, 1.54) is 16.7 Å². The fourth-order valence-electron chi connectivity index (χ4n) is 3.86. The van der Waals surface area contributed by atoms with E-state index in [1.807, 2.05) is 26.0 Å². The van der Waals surface area contributed by atoms with E-state index in [9.17, 15) is 18.7 Å². The number of aryl methyl sites for hydroxylation is 1. The Kier molecular flexibility index (Phi) is 9.62. The van der Waals surface area contributed by atoms with Crippen LogP contribution in [0.1, 0.15) is 36.7 Å². The zero-order valence-corrected chi connectivity index (χ0v) is 21.4. The first-order valence-electron chi connectivity index (χ1n) is 11.5. The van der Waals surface area contributed by atoms with E-state index in [4.69, 9.17) is 23.2 Å². The summed E-state index contributed by atoms with van der Waals surface area (Å²) in [6.45, 7) is 2.86. The Bertz CT molecular complexity index is 1360. The largest absolute Gasteiger partial charge is 0.504 e. The van der Waals surface area contributed by atoms with Gasteiger partial charge < -0.3 is 5.11 Å². The van der Waals surface area contributed by atoms with Gasteiger partial charge in [-0.15, -0.1) is 0 Å². The Morgan fingerprint density at radius 3 is 2.06 bits per heavy atom. The number of benzene rings is 3. The van der Waals surface area contributed by atoms with Crippen molar-refractivity contribution in [2.45, 2.75) is 32.7 Å². The van der Waals surface area contributed by atoms with E-state index in [0.717, 1.165) is 6.07 Å². The summed E-state index contributed by atoms with van der Waals surface area (Å²) in [6.07, 6.45) is 0.937. The Morgan fingerprint density at radius 2 is 1.53 bits per heavy atom. The summed E-state index contributed by atoms with van der Waals surface area (Å²) in [6, 6.07) is 19.0. The lowest BCUT2D eigenvalue weighted by atomic mass is 10.0. The molecule has 0 aliphatic rings. The van der Waals surface area contributed by atoms with E-state index >= 15 is 0 Å². The van der Waals surface area contributed by atoms with Crippen LogP contribution in [0.2, 0.25) is 10.0 Å². The molecule has 0 saturated heterocycles. The smallest absolute Gasteiger partial charge is 0.257 e. The van der Waals surface area contributed by atoms with Crippen molar-refractivity contribution in [2.24, 2.45) is 0 Å². The predicted octanol–water partition coefficient (Wildman–Crippen LogP) is 7.43. The highest BCUT2D eigenvalue weighted by Crippen LogP contribution is 2.33. The molecule has 0 saturated carbocycles. The van der Waals surface area contributed by atoms with Crippen molar-refractivity contribution in [3.8, 4) is 17.1 Å². The number of aromatic hydroxyl groups is 1. The molecule has 36 heavy (non-hydrogen) atoms. The second-order valence-corrected chi connectivity index (χ2v) is 8.69. The molecule has 0 aliphatic heterocycles. The molecule has 8 heteroatoms. The van der Waals surface area contributed by atoms with Crippen molar-refractivity contribution in [2.75, 3.05) is 6.67 Å². The molecule has 1 unspecified atom stereocenters. The van der Waals surface area contributed by atoms with Gasteiger partial charge in [0.25, 0.3) is 5.56 Å². The zero-order valence-electron chi connectivity index (χ0n) is 19.9. The summed E-state index contributed by atoms with van der Waals surface area (Å²) in [4.78, 5) is 17.9. The van der Waals surface area contributed by atoms with Crippen LogP contribution in [0.25, 0.3) is 11.4 Å². The normalized spacial score (nSPS) is 11.5. The van der Waals surface area contributed by atoms with Gasteiger partial charge in [0.05, 0.1) is 27.3 Å². The van der Waals surface area contributed by atoms with Crippen LogP contribution in [-0.4, -0.2) is 21.3 Å². The maximum atomic E-state index is 14.2. The van der Waals surface area contributed by atoms with Gasteiger partial charge >= 0.3 is 0 Å². The van der Waals surface area contributed by atoms with Crippen LogP contribution in [-0.2, 0) is 12.8 Å². The molecule has 1 N–H and O–H groups in total. The van der Waals surface area contributed by atoms with E-state index in [2.05, 4.69) is 4.98 Å². The van der Waals surface area contributed by atoms with Gasteiger partial charge in [-0.3, -0.25) is 9.36 Å². The number of phenolic OH excluding ortho intramolecular Hbond substituents is 1. The summed E-state index contributed by atoms with van der Waals surface area (Å²) in [5.41, 5.74) is 1.34. The van der Waals surface area contributed by atoms with Crippen LogP contribution in [0.15, 0.2) is 77.6 Å². The molecule has 0 aliphatic carbocycles. The molecular formula is C28H26Cl2F2N2O2. The second-order valence-electron chi connectivity index (χ2n) is 7.87. The molecule has 4 nitrogen and oxygen atoms in total. The average molecular weight is 531 g/mol. The number of aromatic nitrogens is 2. The minimum atomic E-state index is -0.935. The molecule has 1 heterocycles. The number of phenols is 1. The van der Waals surface area contributed by atoms with Gasteiger partial charge in [-0.1, -0.05) is 85.6 Å². The van der Waals surface area contributed by atoms with Crippen LogP contribution >= 0.6 is 23.2 Å². The number of para-hydroxylation sites is 1. The first-order chi connectivity index (χ1) is 17.3. The Hall–Kier alpha value is -3.22. The number of alkyl halides is 1. The maximum Gasteiger partial charge on any atom is 0.257 e. The van der Waals surface area contributed by atoms with Gasteiger partial charge in [-0.05, 0) is 42.7 Å². The van der Waals surface area contributed by atoms with Crippen molar-refractivity contribution in [3.05, 3.63) is 116 Å². The van der Waals surface area contributed by atoms with Crippen LogP contribution in [0.5, 0.6) is 5.75 Å². The number of hydrogen-bond donors (Lipinski definition) is 1. The number of halogens is 4. The lowest BCUT2D eigenvalue weighted by Gasteiger charge is -2.23. The van der Waals surface area contributed by atoms with Crippen LogP contribution in [0.4, 0.5) is 8.78 Å². The SMILES string of the molecule is CCc1nc(-c2cccc(F)c2O)n(C(CF)c2ccccc2)c(=O)c1CC.Clc1ccccc1Cl. The monoisotopic (exact) mass is 530 g/mol. The quantitative estimate of drug-likeness (QED) is 0.282. The fourth-order valence-corrected chi connectivity index (χ4v) is 4.13. The van der Waals surface area contributed by atoms with Crippen molar-refractivity contribution in [1.82, 2.24) is 9.55 Å². The van der Waals surface area contributed by atoms with Crippen molar-refractivity contribution < 1.29 is 13.9 Å². The van der Waals surface area contributed by atoms with E-state index in [1.54, 1.807) is 42.5 Å². The molecule has 3 aromatic carbocycles. The third-order valence-electron chi connectivity index (χ3n) is 5.68. The molecule has 1 aromatic heterocycles. The van der Waals surface area contributed by atoms with E-state index in [0.29, 0.717) is 39.7 Å². The average Bonchev–Trinajstić information content (AvgIpc) is 2.89. The molecule has 0 bridgehead atoms. The van der Waals surface area contributed by atoms with Crippen molar-refractivity contribution in [1.29, 1.82) is 0 Å². The van der Waals surface area contributed by atoms with E-state index < -0.39 is 24.3 Å². The molecular weight excluding hydrogens is 505 g/mol. The highest BCUT2D eigenvalue weighted by atomic mass is 35.5. The standard InChI is InChI=1S/C22H22F2N2O2.C6H4Cl2/c1-3-15-18(4-2)25-21(16-11-8-12-17(24)20(16)27)26(22(15)28)19(13-23)14-9-6-5-7-10-14;7-5-3-1-2-4-6(5)8/h5-12,19,27H,3-4,13H2,1-2H3;1-4H. The highest BCUT2D eigenvalue weighted by molar-refractivity contribution is 6.41. The molecule has 0 fully saturated rings. The topological polar surface area (TPSA) is 55.1 Å². The van der Waals surface area contributed by atoms with Crippen molar-refractivity contribution in [3.63, 3.8) is 0 Å². The zero-order chi connectivity index (χ0) is 26.2. The molecule has 1 atom stereocenters. The van der Waals surface area contributed by atoms with Gasteiger partial charge in [0, 0.05) is 5.56 Å². The maximum absolute atomic E-state index is 14.2. The first-order valence-corrected chi connectivity index (χ1v) is 12.2. The number of rotatable bonds is 6. The molecule has 0 radical (unpaired) electrons. The lowest BCUT2D eigenvalue weighted by Crippen LogP contribution is -2.33.